The molecule has 2 aliphatic rings. The molecule has 2 fully saturated rings. The van der Waals surface area contributed by atoms with E-state index in [-0.39, 0.29) is 23.6 Å². The van der Waals surface area contributed by atoms with Crippen LogP contribution in [0, 0.1) is 5.92 Å². The van der Waals surface area contributed by atoms with Gasteiger partial charge in [0.1, 0.15) is 5.69 Å². The molecule has 1 saturated heterocycles. The fourth-order valence-corrected chi connectivity index (χ4v) is 4.58. The van der Waals surface area contributed by atoms with Gasteiger partial charge in [-0.3, -0.25) is 9.59 Å². The summed E-state index contributed by atoms with van der Waals surface area (Å²) in [4.78, 5) is 34.6. The molecule has 6 nitrogen and oxygen atoms in total. The maximum absolute atomic E-state index is 13.0. The van der Waals surface area contributed by atoms with Gasteiger partial charge in [-0.1, -0.05) is 49.6 Å². The molecule has 1 aliphatic heterocycles. The lowest BCUT2D eigenvalue weighted by atomic mass is 9.90. The van der Waals surface area contributed by atoms with Gasteiger partial charge in [-0.05, 0) is 43.6 Å². The zero-order chi connectivity index (χ0) is 20.1. The maximum atomic E-state index is 13.0. The minimum absolute atomic E-state index is 0.116. The molecule has 0 atom stereocenters. The highest BCUT2D eigenvalue weighted by Gasteiger charge is 2.29. The first-order valence-electron chi connectivity index (χ1n) is 10.9. The minimum Gasteiger partial charge on any atom is -0.348 e. The number of piperidine rings is 1. The van der Waals surface area contributed by atoms with Gasteiger partial charge in [0.2, 0.25) is 0 Å². The van der Waals surface area contributed by atoms with Crippen molar-refractivity contribution in [2.45, 2.75) is 57.4 Å². The van der Waals surface area contributed by atoms with E-state index in [4.69, 9.17) is 0 Å². The molecule has 2 N–H and O–H groups in total. The summed E-state index contributed by atoms with van der Waals surface area (Å²) < 4.78 is 0. The highest BCUT2D eigenvalue weighted by Crippen LogP contribution is 2.23. The molecule has 2 amide bonds. The summed E-state index contributed by atoms with van der Waals surface area (Å²) in [6.45, 7) is 1.44. The van der Waals surface area contributed by atoms with Crippen molar-refractivity contribution < 1.29 is 9.59 Å². The number of nitrogens with one attached hydrogen (secondary N) is 2. The van der Waals surface area contributed by atoms with Crippen molar-refractivity contribution in [2.75, 3.05) is 13.1 Å². The molecule has 1 aromatic heterocycles. The summed E-state index contributed by atoms with van der Waals surface area (Å²) in [5.41, 5.74) is 1.90. The van der Waals surface area contributed by atoms with Crippen LogP contribution in [0.3, 0.4) is 0 Å². The highest BCUT2D eigenvalue weighted by atomic mass is 16.2. The molecule has 0 unspecified atom stereocenters. The van der Waals surface area contributed by atoms with E-state index in [9.17, 15) is 9.59 Å². The molecule has 1 aliphatic carbocycles. The van der Waals surface area contributed by atoms with Gasteiger partial charge in [0.15, 0.2) is 5.69 Å². The summed E-state index contributed by atoms with van der Waals surface area (Å²) in [6.07, 6.45) is 10.0. The summed E-state index contributed by atoms with van der Waals surface area (Å²) in [7, 11) is 0. The lowest BCUT2D eigenvalue weighted by Crippen LogP contribution is -2.41. The maximum Gasteiger partial charge on any atom is 0.272 e. The predicted molar refractivity (Wildman–Crippen MR) is 112 cm³/mol. The van der Waals surface area contributed by atoms with E-state index in [2.05, 4.69) is 39.6 Å². The normalized spacial score (nSPS) is 18.6. The van der Waals surface area contributed by atoms with Crippen LogP contribution in [0.4, 0.5) is 0 Å². The molecule has 29 heavy (non-hydrogen) atoms. The van der Waals surface area contributed by atoms with E-state index < -0.39 is 0 Å². The van der Waals surface area contributed by atoms with Crippen molar-refractivity contribution in [3.05, 3.63) is 53.6 Å². The van der Waals surface area contributed by atoms with Crippen LogP contribution in [-0.4, -0.2) is 45.8 Å². The Bertz CT molecular complexity index is 818. The minimum atomic E-state index is -0.236. The molecule has 0 spiro atoms. The molecule has 0 bridgehead atoms. The van der Waals surface area contributed by atoms with Gasteiger partial charge in [-0.25, -0.2) is 4.98 Å². The van der Waals surface area contributed by atoms with E-state index >= 15 is 0 Å². The summed E-state index contributed by atoms with van der Waals surface area (Å²) in [5, 5.41) is 3.06. The second kappa shape index (κ2) is 9.25. The molecule has 0 radical (unpaired) electrons. The Morgan fingerprint density at radius 1 is 1.03 bits per heavy atom. The number of imidazole rings is 1. The molecule has 154 valence electrons. The van der Waals surface area contributed by atoms with Gasteiger partial charge in [0.05, 0.1) is 6.33 Å². The standard InChI is InChI=1S/C23H30N4O2/c28-22(26-19-9-5-2-6-10-19)20-21(25-16-24-20)23(29)27-13-11-18(12-14-27)15-17-7-3-1-4-8-17/h1,3-4,7-8,16,18-19H,2,5-6,9-15H2,(H,24,25)(H,26,28). The molecule has 2 heterocycles. The van der Waals surface area contributed by atoms with E-state index in [1.54, 1.807) is 0 Å². The number of nitrogens with zero attached hydrogens (tertiary/aromatic N) is 2. The van der Waals surface area contributed by atoms with Crippen molar-refractivity contribution >= 4 is 11.8 Å². The number of aromatic amines is 1. The van der Waals surface area contributed by atoms with Crippen molar-refractivity contribution in [3.8, 4) is 0 Å². The predicted octanol–water partition coefficient (Wildman–Crippen LogP) is 3.57. The first-order valence-corrected chi connectivity index (χ1v) is 10.9. The monoisotopic (exact) mass is 394 g/mol. The van der Waals surface area contributed by atoms with Crippen molar-refractivity contribution in [1.29, 1.82) is 0 Å². The highest BCUT2D eigenvalue weighted by molar-refractivity contribution is 6.04. The Morgan fingerprint density at radius 2 is 1.76 bits per heavy atom. The fourth-order valence-electron chi connectivity index (χ4n) is 4.58. The third-order valence-corrected chi connectivity index (χ3v) is 6.28. The van der Waals surface area contributed by atoms with E-state index in [1.165, 1.54) is 18.3 Å². The van der Waals surface area contributed by atoms with Crippen LogP contribution in [-0.2, 0) is 6.42 Å². The zero-order valence-corrected chi connectivity index (χ0v) is 16.9. The van der Waals surface area contributed by atoms with Crippen LogP contribution in [0.2, 0.25) is 0 Å². The molecular formula is C23H30N4O2. The number of hydrogen-bond acceptors (Lipinski definition) is 3. The first kappa shape index (κ1) is 19.7. The van der Waals surface area contributed by atoms with Crippen molar-refractivity contribution in [1.82, 2.24) is 20.2 Å². The Hall–Kier alpha value is -2.63. The lowest BCUT2D eigenvalue weighted by molar-refractivity contribution is 0.0679. The largest absolute Gasteiger partial charge is 0.348 e. The van der Waals surface area contributed by atoms with Crippen molar-refractivity contribution in [2.24, 2.45) is 5.92 Å². The van der Waals surface area contributed by atoms with Gasteiger partial charge < -0.3 is 15.2 Å². The van der Waals surface area contributed by atoms with Crippen molar-refractivity contribution in [3.63, 3.8) is 0 Å². The lowest BCUT2D eigenvalue weighted by Gasteiger charge is -2.32. The van der Waals surface area contributed by atoms with E-state index in [0.717, 1.165) is 58.0 Å². The van der Waals surface area contributed by atoms with Gasteiger partial charge in [0, 0.05) is 19.1 Å². The number of carbonyl (C=O) groups excluding carboxylic acids is 2. The number of likely N-dealkylation sites (tertiary alicyclic amines) is 1. The SMILES string of the molecule is O=C(NC1CCCCC1)c1nc[nH]c1C(=O)N1CCC(Cc2ccccc2)CC1. The van der Waals surface area contributed by atoms with Crippen LogP contribution in [0.5, 0.6) is 0 Å². The number of amides is 2. The number of aromatic nitrogens is 2. The number of H-pyrrole nitrogens is 1. The molecule has 1 aromatic carbocycles. The van der Waals surface area contributed by atoms with E-state index in [0.29, 0.717) is 11.6 Å². The van der Waals surface area contributed by atoms with Crippen LogP contribution >= 0.6 is 0 Å². The fraction of sp³-hybridized carbons (Fsp3) is 0.522. The number of rotatable bonds is 5. The average molecular weight is 395 g/mol. The molecule has 1 saturated carbocycles. The first-order chi connectivity index (χ1) is 14.2. The number of carbonyl (C=O) groups is 2. The second-order valence-electron chi connectivity index (χ2n) is 8.36. The number of benzene rings is 1. The third-order valence-electron chi connectivity index (χ3n) is 6.28. The Labute approximate surface area is 172 Å². The van der Waals surface area contributed by atoms with Crippen LogP contribution in [0.1, 0.15) is 71.5 Å². The molecule has 4 rings (SSSR count). The number of hydrogen-bond donors (Lipinski definition) is 2. The van der Waals surface area contributed by atoms with Crippen LogP contribution in [0.25, 0.3) is 0 Å². The van der Waals surface area contributed by atoms with Gasteiger partial charge in [-0.15, -0.1) is 0 Å². The quantitative estimate of drug-likeness (QED) is 0.814. The molecule has 6 heteroatoms. The van der Waals surface area contributed by atoms with E-state index in [1.807, 2.05) is 11.0 Å². The molecular weight excluding hydrogens is 364 g/mol. The van der Waals surface area contributed by atoms with Gasteiger partial charge in [0.25, 0.3) is 11.8 Å². The van der Waals surface area contributed by atoms with Gasteiger partial charge >= 0.3 is 0 Å². The van der Waals surface area contributed by atoms with Gasteiger partial charge in [-0.2, -0.15) is 0 Å². The van der Waals surface area contributed by atoms with Crippen LogP contribution < -0.4 is 5.32 Å². The summed E-state index contributed by atoms with van der Waals surface area (Å²) in [6, 6.07) is 10.7. The summed E-state index contributed by atoms with van der Waals surface area (Å²) >= 11 is 0. The molecule has 2 aromatic rings. The Kier molecular flexibility index (Phi) is 6.27. The topological polar surface area (TPSA) is 78.1 Å². The Morgan fingerprint density at radius 3 is 2.48 bits per heavy atom. The van der Waals surface area contributed by atoms with Crippen LogP contribution in [0.15, 0.2) is 36.7 Å². The zero-order valence-electron chi connectivity index (χ0n) is 16.9. The average Bonchev–Trinajstić information content (AvgIpc) is 3.25. The second-order valence-corrected chi connectivity index (χ2v) is 8.36. The smallest absolute Gasteiger partial charge is 0.272 e. The summed E-state index contributed by atoms with van der Waals surface area (Å²) in [5.74, 6) is 0.243. The third kappa shape index (κ3) is 4.86. The Balaban J connectivity index is 1.33.